The fraction of sp³-hybridized carbons (Fsp3) is 0.455. The maximum absolute atomic E-state index is 13.2. The lowest BCUT2D eigenvalue weighted by molar-refractivity contribution is -0.116. The Morgan fingerprint density at radius 1 is 1.15 bits per heavy atom. The lowest BCUT2D eigenvalue weighted by Gasteiger charge is -2.29. The summed E-state index contributed by atoms with van der Waals surface area (Å²) in [6.07, 6.45) is 4.60. The highest BCUT2D eigenvalue weighted by molar-refractivity contribution is 7.92. The summed E-state index contributed by atoms with van der Waals surface area (Å²) in [6.45, 7) is 2.26. The molecule has 33 heavy (non-hydrogen) atoms. The quantitative estimate of drug-likeness (QED) is 0.615. The second-order valence-electron chi connectivity index (χ2n) is 7.96. The number of nitrogens with one attached hydrogen (secondary N) is 1. The number of aryl methyl sites for hydroxylation is 1. The van der Waals surface area contributed by atoms with Crippen LogP contribution >= 0.6 is 11.3 Å². The van der Waals surface area contributed by atoms with Gasteiger partial charge >= 0.3 is 5.97 Å². The first-order valence-electron chi connectivity index (χ1n) is 10.6. The van der Waals surface area contributed by atoms with Crippen LogP contribution in [0.15, 0.2) is 18.2 Å². The molecule has 1 aromatic heterocycles. The summed E-state index contributed by atoms with van der Waals surface area (Å²) < 4.78 is 42.4. The number of methoxy groups -OCH3 is 1. The molecule has 0 fully saturated rings. The number of nitrogens with zero attached hydrogens (tertiary/aromatic N) is 1. The molecular formula is C22H26N2O7S2. The van der Waals surface area contributed by atoms with Crippen molar-refractivity contribution >= 4 is 43.9 Å². The van der Waals surface area contributed by atoms with E-state index in [9.17, 15) is 18.0 Å². The van der Waals surface area contributed by atoms with Crippen LogP contribution in [0.2, 0.25) is 0 Å². The maximum atomic E-state index is 13.2. The SMILES string of the molecule is COC(=O)c1c(NC(=O)[C@H](C)N(c2ccc3c(c2)OCCO3)S(C)(=O)=O)sc2c1CCCC2. The number of hydrogen-bond acceptors (Lipinski definition) is 8. The van der Waals surface area contributed by atoms with E-state index in [1.54, 1.807) is 18.2 Å². The van der Waals surface area contributed by atoms with Crippen LogP contribution in [-0.2, 0) is 32.4 Å². The van der Waals surface area contributed by atoms with Crippen molar-refractivity contribution in [2.24, 2.45) is 0 Å². The molecule has 0 radical (unpaired) electrons. The predicted octanol–water partition coefficient (Wildman–Crippen LogP) is 2.98. The first-order valence-corrected chi connectivity index (χ1v) is 13.3. The van der Waals surface area contributed by atoms with Crippen LogP contribution in [0.3, 0.4) is 0 Å². The normalized spacial score (nSPS) is 15.8. The molecule has 1 atom stereocenters. The minimum absolute atomic E-state index is 0.281. The van der Waals surface area contributed by atoms with Crippen molar-refractivity contribution in [2.75, 3.05) is 36.2 Å². The van der Waals surface area contributed by atoms with Crippen LogP contribution in [0.25, 0.3) is 0 Å². The molecule has 178 valence electrons. The van der Waals surface area contributed by atoms with E-state index in [4.69, 9.17) is 14.2 Å². The summed E-state index contributed by atoms with van der Waals surface area (Å²) in [5.41, 5.74) is 1.55. The van der Waals surface area contributed by atoms with Gasteiger partial charge in [0.2, 0.25) is 15.9 Å². The summed E-state index contributed by atoms with van der Waals surface area (Å²) in [7, 11) is -2.52. The van der Waals surface area contributed by atoms with E-state index in [0.29, 0.717) is 35.3 Å². The Morgan fingerprint density at radius 2 is 1.85 bits per heavy atom. The summed E-state index contributed by atoms with van der Waals surface area (Å²) in [5.74, 6) is -0.135. The first-order chi connectivity index (χ1) is 15.7. The highest BCUT2D eigenvalue weighted by atomic mass is 32.2. The zero-order valence-corrected chi connectivity index (χ0v) is 20.3. The average Bonchev–Trinajstić information content (AvgIpc) is 3.15. The Labute approximate surface area is 196 Å². The van der Waals surface area contributed by atoms with Gasteiger partial charge in [-0.25, -0.2) is 13.2 Å². The van der Waals surface area contributed by atoms with Crippen molar-refractivity contribution < 1.29 is 32.2 Å². The van der Waals surface area contributed by atoms with Crippen molar-refractivity contribution in [3.8, 4) is 11.5 Å². The molecule has 4 rings (SSSR count). The van der Waals surface area contributed by atoms with Gasteiger partial charge in [0.25, 0.3) is 0 Å². The molecule has 2 aliphatic rings. The average molecular weight is 495 g/mol. The molecule has 0 saturated carbocycles. The molecule has 0 unspecified atom stereocenters. The second-order valence-corrected chi connectivity index (χ2v) is 10.9. The maximum Gasteiger partial charge on any atom is 0.341 e. The third kappa shape index (κ3) is 4.65. The molecule has 1 amide bonds. The molecule has 1 aromatic carbocycles. The van der Waals surface area contributed by atoms with E-state index in [1.165, 1.54) is 25.4 Å². The lowest BCUT2D eigenvalue weighted by Crippen LogP contribution is -2.45. The van der Waals surface area contributed by atoms with Crippen molar-refractivity contribution in [1.82, 2.24) is 0 Å². The molecule has 0 saturated heterocycles. The lowest BCUT2D eigenvalue weighted by atomic mass is 9.95. The van der Waals surface area contributed by atoms with Crippen LogP contribution < -0.4 is 19.1 Å². The molecule has 9 nitrogen and oxygen atoms in total. The number of rotatable bonds is 6. The van der Waals surface area contributed by atoms with Crippen LogP contribution in [0, 0.1) is 0 Å². The van der Waals surface area contributed by atoms with Gasteiger partial charge in [0, 0.05) is 10.9 Å². The summed E-state index contributed by atoms with van der Waals surface area (Å²) in [5, 5.41) is 3.17. The Kier molecular flexibility index (Phi) is 6.53. The number of thiophene rings is 1. The van der Waals surface area contributed by atoms with Crippen molar-refractivity contribution in [3.63, 3.8) is 0 Å². The number of ether oxygens (including phenoxy) is 3. The highest BCUT2D eigenvalue weighted by Gasteiger charge is 2.33. The Balaban J connectivity index is 1.65. The van der Waals surface area contributed by atoms with Gasteiger partial charge in [-0.15, -0.1) is 11.3 Å². The second kappa shape index (κ2) is 9.22. The fourth-order valence-corrected chi connectivity index (χ4v) is 6.61. The zero-order valence-electron chi connectivity index (χ0n) is 18.7. The molecule has 2 aromatic rings. The number of amides is 1. The van der Waals surface area contributed by atoms with Gasteiger partial charge in [0.1, 0.15) is 24.3 Å². The molecule has 0 spiro atoms. The van der Waals surface area contributed by atoms with Crippen LogP contribution in [0.1, 0.15) is 40.6 Å². The number of hydrogen-bond donors (Lipinski definition) is 1. The van der Waals surface area contributed by atoms with Crippen LogP contribution in [-0.4, -0.2) is 52.9 Å². The van der Waals surface area contributed by atoms with E-state index >= 15 is 0 Å². The zero-order chi connectivity index (χ0) is 23.8. The number of carbonyl (C=O) groups excluding carboxylic acids is 2. The molecule has 1 aliphatic carbocycles. The van der Waals surface area contributed by atoms with Gasteiger partial charge in [-0.1, -0.05) is 0 Å². The van der Waals surface area contributed by atoms with Gasteiger partial charge in [-0.2, -0.15) is 0 Å². The predicted molar refractivity (Wildman–Crippen MR) is 125 cm³/mol. The molecule has 1 aliphatic heterocycles. The number of esters is 1. The summed E-state index contributed by atoms with van der Waals surface area (Å²) in [6, 6.07) is 3.65. The van der Waals surface area contributed by atoms with Crippen molar-refractivity contribution in [1.29, 1.82) is 0 Å². The standard InChI is InChI=1S/C22H26N2O7S2/c1-13(24(33(3,27)28)14-8-9-16-17(12-14)31-11-10-30-16)20(25)23-21-19(22(26)29-2)15-6-4-5-7-18(15)32-21/h8-9,12-13H,4-7,10-11H2,1-3H3,(H,23,25)/t13-/m0/s1. The summed E-state index contributed by atoms with van der Waals surface area (Å²) >= 11 is 1.35. The van der Waals surface area contributed by atoms with E-state index in [-0.39, 0.29) is 5.69 Å². The van der Waals surface area contributed by atoms with E-state index in [1.807, 2.05) is 0 Å². The number of fused-ring (bicyclic) bond motifs is 2. The third-order valence-corrected chi connectivity index (χ3v) is 8.12. The van der Waals surface area contributed by atoms with Crippen LogP contribution in [0.5, 0.6) is 11.5 Å². The topological polar surface area (TPSA) is 111 Å². The Hall–Kier alpha value is -2.79. The molecule has 0 bridgehead atoms. The Morgan fingerprint density at radius 3 is 2.55 bits per heavy atom. The third-order valence-electron chi connectivity index (χ3n) is 5.67. The van der Waals surface area contributed by atoms with E-state index in [0.717, 1.165) is 46.7 Å². The molecular weight excluding hydrogens is 468 g/mol. The smallest absolute Gasteiger partial charge is 0.341 e. The summed E-state index contributed by atoms with van der Waals surface area (Å²) in [4.78, 5) is 26.7. The van der Waals surface area contributed by atoms with Crippen molar-refractivity contribution in [3.05, 3.63) is 34.2 Å². The monoisotopic (exact) mass is 494 g/mol. The van der Waals surface area contributed by atoms with Gasteiger partial charge in [0.15, 0.2) is 11.5 Å². The largest absolute Gasteiger partial charge is 0.486 e. The minimum Gasteiger partial charge on any atom is -0.486 e. The highest BCUT2D eigenvalue weighted by Crippen LogP contribution is 2.39. The van der Waals surface area contributed by atoms with Gasteiger partial charge in [-0.05, 0) is 50.3 Å². The number of sulfonamides is 1. The van der Waals surface area contributed by atoms with E-state index < -0.39 is 27.9 Å². The number of benzene rings is 1. The van der Waals surface area contributed by atoms with Crippen LogP contribution in [0.4, 0.5) is 10.7 Å². The fourth-order valence-electron chi connectivity index (χ4n) is 4.17. The molecule has 1 N–H and O–H groups in total. The van der Waals surface area contributed by atoms with Crippen molar-refractivity contribution in [2.45, 2.75) is 38.6 Å². The van der Waals surface area contributed by atoms with Gasteiger partial charge < -0.3 is 19.5 Å². The number of carbonyl (C=O) groups is 2. The Bertz CT molecular complexity index is 1190. The number of anilines is 2. The van der Waals surface area contributed by atoms with Gasteiger partial charge in [0.05, 0.1) is 24.6 Å². The van der Waals surface area contributed by atoms with Gasteiger partial charge in [-0.3, -0.25) is 9.10 Å². The molecule has 11 heteroatoms. The molecule has 2 heterocycles. The van der Waals surface area contributed by atoms with E-state index in [2.05, 4.69) is 5.32 Å². The first kappa shape index (κ1) is 23.4. The minimum atomic E-state index is -3.83.